The molecule has 10 heteroatoms. The number of carbonyl (C=O) groups excluding carboxylic acids is 2. The van der Waals surface area contributed by atoms with Crippen LogP contribution in [0.2, 0.25) is 0 Å². The van der Waals surface area contributed by atoms with Crippen molar-refractivity contribution in [2.75, 3.05) is 56.5 Å². The first-order valence-electron chi connectivity index (χ1n) is 14.0. The maximum atomic E-state index is 13.0. The number of rotatable bonds is 10. The topological polar surface area (TPSA) is 103 Å². The zero-order valence-corrected chi connectivity index (χ0v) is 24.2. The second kappa shape index (κ2) is 12.6. The van der Waals surface area contributed by atoms with Gasteiger partial charge in [0.25, 0.3) is 5.91 Å². The van der Waals surface area contributed by atoms with Crippen molar-refractivity contribution >= 4 is 35.0 Å². The predicted octanol–water partition coefficient (Wildman–Crippen LogP) is 4.05. The van der Waals surface area contributed by atoms with E-state index in [9.17, 15) is 9.59 Å². The largest absolute Gasteiger partial charge is 0.495 e. The SMILES string of the molecule is CCC(CCN(C)C)NC(=O)c1ccc(Nc2ncc3c(n2)N(C2CCCC2)C[C@H](C)C(=O)N3C)c(OC)c1. The summed E-state index contributed by atoms with van der Waals surface area (Å²) in [7, 11) is 7.44. The summed E-state index contributed by atoms with van der Waals surface area (Å²) in [6.45, 7) is 5.61. The van der Waals surface area contributed by atoms with Gasteiger partial charge in [-0.3, -0.25) is 9.59 Å². The minimum absolute atomic E-state index is 0.0728. The molecule has 0 spiro atoms. The maximum Gasteiger partial charge on any atom is 0.251 e. The molecule has 2 aliphatic rings. The van der Waals surface area contributed by atoms with Gasteiger partial charge in [0.05, 0.1) is 24.9 Å². The maximum absolute atomic E-state index is 13.0. The van der Waals surface area contributed by atoms with Gasteiger partial charge in [0.2, 0.25) is 11.9 Å². The number of hydrogen-bond donors (Lipinski definition) is 2. The van der Waals surface area contributed by atoms with Crippen LogP contribution in [-0.2, 0) is 4.79 Å². The van der Waals surface area contributed by atoms with E-state index in [-0.39, 0.29) is 23.8 Å². The van der Waals surface area contributed by atoms with Gasteiger partial charge in [-0.1, -0.05) is 26.7 Å². The Bertz CT molecular complexity index is 1170. The molecule has 39 heavy (non-hydrogen) atoms. The van der Waals surface area contributed by atoms with Gasteiger partial charge in [0, 0.05) is 31.2 Å². The Balaban J connectivity index is 1.56. The highest BCUT2D eigenvalue weighted by Gasteiger charge is 2.35. The molecule has 0 radical (unpaired) electrons. The van der Waals surface area contributed by atoms with Gasteiger partial charge in [-0.2, -0.15) is 4.98 Å². The lowest BCUT2D eigenvalue weighted by Gasteiger charge is -2.31. The molecule has 1 saturated carbocycles. The molecular weight excluding hydrogens is 494 g/mol. The fourth-order valence-corrected chi connectivity index (χ4v) is 5.44. The van der Waals surface area contributed by atoms with Crippen molar-refractivity contribution < 1.29 is 14.3 Å². The Morgan fingerprint density at radius 3 is 2.67 bits per heavy atom. The molecule has 1 fully saturated rings. The van der Waals surface area contributed by atoms with E-state index in [2.05, 4.69) is 32.3 Å². The van der Waals surface area contributed by atoms with Gasteiger partial charge in [-0.25, -0.2) is 4.98 Å². The van der Waals surface area contributed by atoms with Crippen molar-refractivity contribution in [3.05, 3.63) is 30.0 Å². The number of fused-ring (bicyclic) bond motifs is 1. The number of aromatic nitrogens is 2. The molecule has 2 N–H and O–H groups in total. The van der Waals surface area contributed by atoms with E-state index in [1.54, 1.807) is 37.4 Å². The molecule has 1 unspecified atom stereocenters. The van der Waals surface area contributed by atoms with E-state index < -0.39 is 0 Å². The first kappa shape index (κ1) is 28.6. The van der Waals surface area contributed by atoms with Crippen molar-refractivity contribution in [1.82, 2.24) is 20.2 Å². The minimum Gasteiger partial charge on any atom is -0.495 e. The Morgan fingerprint density at radius 1 is 1.26 bits per heavy atom. The fourth-order valence-electron chi connectivity index (χ4n) is 5.44. The van der Waals surface area contributed by atoms with Gasteiger partial charge in [0.15, 0.2) is 5.82 Å². The summed E-state index contributed by atoms with van der Waals surface area (Å²) in [6.07, 6.45) is 8.05. The summed E-state index contributed by atoms with van der Waals surface area (Å²) < 4.78 is 5.63. The number of amides is 2. The lowest BCUT2D eigenvalue weighted by Crippen LogP contribution is -2.38. The minimum atomic E-state index is -0.129. The molecule has 2 atom stereocenters. The second-order valence-electron chi connectivity index (χ2n) is 11.0. The highest BCUT2D eigenvalue weighted by Crippen LogP contribution is 2.38. The van der Waals surface area contributed by atoms with E-state index in [0.29, 0.717) is 35.5 Å². The van der Waals surface area contributed by atoms with Crippen LogP contribution in [0.4, 0.5) is 23.1 Å². The lowest BCUT2D eigenvalue weighted by atomic mass is 10.1. The predicted molar refractivity (Wildman–Crippen MR) is 155 cm³/mol. The van der Waals surface area contributed by atoms with E-state index in [1.165, 1.54) is 12.8 Å². The molecular formula is C29H43N7O3. The third kappa shape index (κ3) is 6.61. The van der Waals surface area contributed by atoms with Gasteiger partial charge in [0.1, 0.15) is 11.4 Å². The van der Waals surface area contributed by atoms with Crippen LogP contribution in [0.1, 0.15) is 62.7 Å². The quantitative estimate of drug-likeness (QED) is 0.468. The molecule has 0 bridgehead atoms. The summed E-state index contributed by atoms with van der Waals surface area (Å²) in [4.78, 5) is 41.4. The van der Waals surface area contributed by atoms with E-state index in [0.717, 1.165) is 43.7 Å². The van der Waals surface area contributed by atoms with Gasteiger partial charge >= 0.3 is 0 Å². The number of carbonyl (C=O) groups is 2. The van der Waals surface area contributed by atoms with E-state index >= 15 is 0 Å². The fraction of sp³-hybridized carbons (Fsp3) is 0.586. The monoisotopic (exact) mass is 537 g/mol. The first-order chi connectivity index (χ1) is 18.7. The number of methoxy groups -OCH3 is 1. The second-order valence-corrected chi connectivity index (χ2v) is 11.0. The van der Waals surface area contributed by atoms with Crippen molar-refractivity contribution in [3.8, 4) is 5.75 Å². The number of anilines is 4. The van der Waals surface area contributed by atoms with E-state index in [4.69, 9.17) is 9.72 Å². The van der Waals surface area contributed by atoms with Crippen LogP contribution in [0.15, 0.2) is 24.4 Å². The van der Waals surface area contributed by atoms with Crippen LogP contribution in [0.5, 0.6) is 5.75 Å². The van der Waals surface area contributed by atoms with Crippen molar-refractivity contribution in [2.24, 2.45) is 5.92 Å². The normalized spacial score (nSPS) is 18.6. The zero-order valence-electron chi connectivity index (χ0n) is 24.2. The van der Waals surface area contributed by atoms with Crippen LogP contribution in [0.3, 0.4) is 0 Å². The molecule has 4 rings (SSSR count). The first-order valence-corrected chi connectivity index (χ1v) is 14.0. The van der Waals surface area contributed by atoms with Gasteiger partial charge < -0.3 is 30.1 Å². The molecule has 1 aliphatic heterocycles. The molecule has 2 aromatic rings. The summed E-state index contributed by atoms with van der Waals surface area (Å²) in [5, 5.41) is 6.42. The Kier molecular flexibility index (Phi) is 9.27. The van der Waals surface area contributed by atoms with Gasteiger partial charge in [-0.05, 0) is 64.5 Å². The molecule has 1 aliphatic carbocycles. The smallest absolute Gasteiger partial charge is 0.251 e. The number of ether oxygens (including phenoxy) is 1. The van der Waals surface area contributed by atoms with Crippen LogP contribution >= 0.6 is 0 Å². The lowest BCUT2D eigenvalue weighted by molar-refractivity contribution is -0.121. The standard InChI is InChI=1S/C29H43N7O3/c1-7-21(14-15-34(3)4)31-27(37)20-12-13-23(25(16-20)39-6)32-29-30-17-24-26(33-29)36(22-10-8-9-11-22)18-19(2)28(38)35(24)5/h12-13,16-17,19,21-22H,7-11,14-15,18H2,1-6H3,(H,31,37)(H,30,32,33)/t19-,21?/m0/s1. The van der Waals surface area contributed by atoms with Gasteiger partial charge in [-0.15, -0.1) is 0 Å². The summed E-state index contributed by atoms with van der Waals surface area (Å²) >= 11 is 0. The molecule has 2 heterocycles. The third-order valence-electron chi connectivity index (χ3n) is 7.83. The molecule has 1 aromatic carbocycles. The number of benzene rings is 1. The number of nitrogens with zero attached hydrogens (tertiary/aromatic N) is 5. The average Bonchev–Trinajstić information content (AvgIpc) is 3.45. The summed E-state index contributed by atoms with van der Waals surface area (Å²) in [5.74, 6) is 1.53. The molecule has 1 aromatic heterocycles. The zero-order chi connectivity index (χ0) is 28.1. The average molecular weight is 538 g/mol. The summed E-state index contributed by atoms with van der Waals surface area (Å²) in [5.41, 5.74) is 1.91. The van der Waals surface area contributed by atoms with Crippen molar-refractivity contribution in [2.45, 2.75) is 64.5 Å². The number of nitrogens with one attached hydrogen (secondary N) is 2. The third-order valence-corrected chi connectivity index (χ3v) is 7.83. The van der Waals surface area contributed by atoms with Crippen LogP contribution in [0, 0.1) is 5.92 Å². The van der Waals surface area contributed by atoms with Crippen LogP contribution in [-0.4, -0.2) is 80.1 Å². The Morgan fingerprint density at radius 2 is 2.00 bits per heavy atom. The van der Waals surface area contributed by atoms with Crippen molar-refractivity contribution in [1.29, 1.82) is 0 Å². The highest BCUT2D eigenvalue weighted by molar-refractivity contribution is 5.99. The highest BCUT2D eigenvalue weighted by atomic mass is 16.5. The molecule has 10 nitrogen and oxygen atoms in total. The molecule has 2 amide bonds. The van der Waals surface area contributed by atoms with Crippen molar-refractivity contribution in [3.63, 3.8) is 0 Å². The molecule has 212 valence electrons. The van der Waals surface area contributed by atoms with Crippen LogP contribution in [0.25, 0.3) is 0 Å². The number of hydrogen-bond acceptors (Lipinski definition) is 8. The Labute approximate surface area is 232 Å². The Hall–Kier alpha value is -3.40. The molecule has 0 saturated heterocycles. The van der Waals surface area contributed by atoms with E-state index in [1.807, 2.05) is 27.1 Å². The summed E-state index contributed by atoms with van der Waals surface area (Å²) in [6, 6.07) is 5.80. The van der Waals surface area contributed by atoms with Crippen LogP contribution < -0.4 is 25.2 Å².